The molecule has 1 N–H and O–H groups in total. The second kappa shape index (κ2) is 8.19. The molecule has 4 nitrogen and oxygen atoms in total. The number of aromatic nitrogens is 1. The highest BCUT2D eigenvalue weighted by molar-refractivity contribution is 6.31. The molecule has 0 spiro atoms. The number of hydrogen-bond acceptors (Lipinski definition) is 2. The van der Waals surface area contributed by atoms with E-state index in [2.05, 4.69) is 11.5 Å². The number of ketones is 1. The zero-order valence-corrected chi connectivity index (χ0v) is 17.1. The first-order valence-electron chi connectivity index (χ1n) is 9.51. The molecule has 0 bridgehead atoms. The number of rotatable bonds is 7. The Morgan fingerprint density at radius 3 is 2.46 bits per heavy atom. The molecule has 0 aliphatic rings. The maximum Gasteiger partial charge on any atom is 0.335 e. The summed E-state index contributed by atoms with van der Waals surface area (Å²) in [5, 5.41) is 10.8. The van der Waals surface area contributed by atoms with Gasteiger partial charge in [-0.3, -0.25) is 4.79 Å². The number of halogens is 1. The molecule has 0 radical (unpaired) electrons. The van der Waals surface area contributed by atoms with Crippen LogP contribution in [0.1, 0.15) is 59.2 Å². The number of nitrogens with zero attached hydrogens (tertiary/aromatic N) is 1. The van der Waals surface area contributed by atoms with Crippen molar-refractivity contribution in [2.75, 3.05) is 0 Å². The number of carboxylic acids is 1. The Labute approximate surface area is 169 Å². The average molecular weight is 398 g/mol. The number of benzene rings is 2. The molecule has 0 saturated carbocycles. The van der Waals surface area contributed by atoms with Crippen LogP contribution < -0.4 is 0 Å². The summed E-state index contributed by atoms with van der Waals surface area (Å²) in [6.07, 6.45) is 1.61. The topological polar surface area (TPSA) is 59.3 Å². The molecule has 146 valence electrons. The van der Waals surface area contributed by atoms with Crippen LogP contribution in [0.3, 0.4) is 0 Å². The van der Waals surface area contributed by atoms with Crippen molar-refractivity contribution < 1.29 is 14.7 Å². The number of carbonyl (C=O) groups excluding carboxylic acids is 1. The van der Waals surface area contributed by atoms with E-state index in [9.17, 15) is 14.7 Å². The third-order valence-corrected chi connectivity index (χ3v) is 5.33. The SMILES string of the molecule is CCCc1c(C(=O)C(C)C)c2cc(C(=O)O)ccc2n1Cc1ccccc1Cl. The van der Waals surface area contributed by atoms with E-state index in [4.69, 9.17) is 11.6 Å². The fourth-order valence-corrected chi connectivity index (χ4v) is 3.77. The van der Waals surface area contributed by atoms with Crippen molar-refractivity contribution in [3.05, 3.63) is 69.9 Å². The minimum atomic E-state index is -0.999. The number of carbonyl (C=O) groups is 2. The van der Waals surface area contributed by atoms with Gasteiger partial charge in [-0.05, 0) is 36.2 Å². The van der Waals surface area contributed by atoms with Crippen LogP contribution in [0.25, 0.3) is 10.9 Å². The quantitative estimate of drug-likeness (QED) is 0.510. The van der Waals surface area contributed by atoms with E-state index in [0.29, 0.717) is 22.5 Å². The molecule has 28 heavy (non-hydrogen) atoms. The number of fused-ring (bicyclic) bond motifs is 1. The first-order valence-corrected chi connectivity index (χ1v) is 9.89. The van der Waals surface area contributed by atoms with Crippen molar-refractivity contribution in [3.63, 3.8) is 0 Å². The molecule has 3 rings (SSSR count). The van der Waals surface area contributed by atoms with Gasteiger partial charge in [-0.15, -0.1) is 0 Å². The van der Waals surface area contributed by atoms with E-state index in [1.807, 2.05) is 38.1 Å². The first kappa shape index (κ1) is 20.2. The van der Waals surface area contributed by atoms with Crippen LogP contribution in [0.5, 0.6) is 0 Å². The van der Waals surface area contributed by atoms with Gasteiger partial charge in [0.1, 0.15) is 0 Å². The zero-order chi connectivity index (χ0) is 20.4. The lowest BCUT2D eigenvalue weighted by Gasteiger charge is -2.13. The summed E-state index contributed by atoms with van der Waals surface area (Å²) in [5.74, 6) is -1.14. The molecule has 5 heteroatoms. The smallest absolute Gasteiger partial charge is 0.335 e. The highest BCUT2D eigenvalue weighted by Crippen LogP contribution is 2.32. The van der Waals surface area contributed by atoms with E-state index in [1.165, 1.54) is 0 Å². The molecule has 0 aliphatic carbocycles. The monoisotopic (exact) mass is 397 g/mol. The van der Waals surface area contributed by atoms with Crippen LogP contribution in [0.2, 0.25) is 5.02 Å². The van der Waals surface area contributed by atoms with Gasteiger partial charge in [-0.1, -0.05) is 57.0 Å². The minimum Gasteiger partial charge on any atom is -0.478 e. The molecule has 3 aromatic rings. The Morgan fingerprint density at radius 1 is 1.14 bits per heavy atom. The maximum atomic E-state index is 13.1. The molecule has 0 atom stereocenters. The molecular weight excluding hydrogens is 374 g/mol. The second-order valence-corrected chi connectivity index (χ2v) is 7.71. The second-order valence-electron chi connectivity index (χ2n) is 7.31. The average Bonchev–Trinajstić information content (AvgIpc) is 2.95. The van der Waals surface area contributed by atoms with Gasteiger partial charge >= 0.3 is 5.97 Å². The highest BCUT2D eigenvalue weighted by Gasteiger charge is 2.25. The van der Waals surface area contributed by atoms with Gasteiger partial charge in [-0.25, -0.2) is 4.79 Å². The standard InChI is InChI=1S/C23H24ClNO3/c1-4-7-20-21(22(26)14(2)3)17-12-15(23(27)28)10-11-19(17)25(20)13-16-8-5-6-9-18(16)24/h5-6,8-12,14H,4,7,13H2,1-3H3,(H,27,28). The van der Waals surface area contributed by atoms with Crippen LogP contribution >= 0.6 is 11.6 Å². The molecule has 1 aromatic heterocycles. The molecule has 0 aliphatic heterocycles. The molecule has 1 heterocycles. The summed E-state index contributed by atoms with van der Waals surface area (Å²) >= 11 is 6.38. The molecule has 0 amide bonds. The van der Waals surface area contributed by atoms with Gasteiger partial charge in [0.05, 0.1) is 5.56 Å². The molecule has 0 saturated heterocycles. The number of carboxylic acid groups (broad SMARTS) is 1. The lowest BCUT2D eigenvalue weighted by molar-refractivity contribution is 0.0696. The van der Waals surface area contributed by atoms with Gasteiger partial charge in [0.15, 0.2) is 5.78 Å². The van der Waals surface area contributed by atoms with Crippen LogP contribution in [0, 0.1) is 5.92 Å². The van der Waals surface area contributed by atoms with Crippen molar-refractivity contribution in [2.24, 2.45) is 5.92 Å². The largest absolute Gasteiger partial charge is 0.478 e. The van der Waals surface area contributed by atoms with E-state index in [0.717, 1.165) is 29.6 Å². The van der Waals surface area contributed by atoms with Crippen molar-refractivity contribution in [1.29, 1.82) is 0 Å². The van der Waals surface area contributed by atoms with Crippen molar-refractivity contribution >= 4 is 34.3 Å². The van der Waals surface area contributed by atoms with E-state index < -0.39 is 5.97 Å². The van der Waals surface area contributed by atoms with Gasteiger partial charge in [-0.2, -0.15) is 0 Å². The lowest BCUT2D eigenvalue weighted by atomic mass is 9.96. The van der Waals surface area contributed by atoms with Crippen LogP contribution in [0.4, 0.5) is 0 Å². The van der Waals surface area contributed by atoms with Gasteiger partial charge < -0.3 is 9.67 Å². The third-order valence-electron chi connectivity index (χ3n) is 4.96. The summed E-state index contributed by atoms with van der Waals surface area (Å²) in [4.78, 5) is 24.6. The van der Waals surface area contributed by atoms with Crippen molar-refractivity contribution in [1.82, 2.24) is 4.57 Å². The summed E-state index contributed by atoms with van der Waals surface area (Å²) in [6, 6.07) is 12.7. The summed E-state index contributed by atoms with van der Waals surface area (Å²) in [5.41, 5.74) is 3.59. The van der Waals surface area contributed by atoms with Gasteiger partial charge in [0, 0.05) is 39.6 Å². The predicted octanol–water partition coefficient (Wildman–Crippen LogP) is 5.83. The first-order chi connectivity index (χ1) is 13.3. The Morgan fingerprint density at radius 2 is 1.86 bits per heavy atom. The predicted molar refractivity (Wildman–Crippen MR) is 113 cm³/mol. The summed E-state index contributed by atoms with van der Waals surface area (Å²) in [7, 11) is 0. The van der Waals surface area contributed by atoms with Gasteiger partial charge in [0.25, 0.3) is 0 Å². The summed E-state index contributed by atoms with van der Waals surface area (Å²) < 4.78 is 2.11. The van der Waals surface area contributed by atoms with E-state index in [-0.39, 0.29) is 17.3 Å². The Hall–Kier alpha value is -2.59. The number of aromatic carboxylic acids is 1. The number of hydrogen-bond donors (Lipinski definition) is 1. The van der Waals surface area contributed by atoms with E-state index >= 15 is 0 Å². The molecule has 0 fully saturated rings. The molecular formula is C23H24ClNO3. The van der Waals surface area contributed by atoms with Crippen LogP contribution in [0.15, 0.2) is 42.5 Å². The Kier molecular flexibility index (Phi) is 5.90. The maximum absolute atomic E-state index is 13.1. The normalized spacial score (nSPS) is 11.3. The Bertz CT molecular complexity index is 1050. The molecule has 0 unspecified atom stereocenters. The molecule has 2 aromatic carbocycles. The summed E-state index contributed by atoms with van der Waals surface area (Å²) in [6.45, 7) is 6.35. The lowest BCUT2D eigenvalue weighted by Crippen LogP contribution is -2.12. The van der Waals surface area contributed by atoms with E-state index in [1.54, 1.807) is 18.2 Å². The fraction of sp³-hybridized carbons (Fsp3) is 0.304. The highest BCUT2D eigenvalue weighted by atomic mass is 35.5. The fourth-order valence-electron chi connectivity index (χ4n) is 3.58. The number of Topliss-reactive ketones (excluding diaryl/α,β-unsaturated/α-hetero) is 1. The third kappa shape index (κ3) is 3.69. The van der Waals surface area contributed by atoms with Crippen LogP contribution in [-0.4, -0.2) is 21.4 Å². The minimum absolute atomic E-state index is 0.0360. The van der Waals surface area contributed by atoms with Crippen LogP contribution in [-0.2, 0) is 13.0 Å². The zero-order valence-electron chi connectivity index (χ0n) is 16.3. The Balaban J connectivity index is 2.32. The van der Waals surface area contributed by atoms with Gasteiger partial charge in [0.2, 0.25) is 0 Å². The van der Waals surface area contributed by atoms with Crippen molar-refractivity contribution in [2.45, 2.75) is 40.2 Å². The van der Waals surface area contributed by atoms with Crippen molar-refractivity contribution in [3.8, 4) is 0 Å².